The molecule has 0 aliphatic carbocycles. The Morgan fingerprint density at radius 1 is 1.09 bits per heavy atom. The number of alkyl halides is 6. The summed E-state index contributed by atoms with van der Waals surface area (Å²) < 4.78 is 83.1. The Balaban J connectivity index is 3.32. The molecule has 0 spiro atoms. The van der Waals surface area contributed by atoms with Crippen molar-refractivity contribution in [3.63, 3.8) is 0 Å². The van der Waals surface area contributed by atoms with Gasteiger partial charge in [0, 0.05) is 10.7 Å². The molecule has 23 heavy (non-hydrogen) atoms. The molecule has 130 valence electrons. The number of alkyl carbamates (subject to hydrolysis) is 1. The Hall–Kier alpha value is -1.84. The average molecular weight is 365 g/mol. The lowest BCUT2D eigenvalue weighted by molar-refractivity contribution is -0.294. The summed E-state index contributed by atoms with van der Waals surface area (Å²) in [6.07, 6.45) is -13.7. The lowest BCUT2D eigenvalue weighted by Crippen LogP contribution is -2.72. The fourth-order valence-electron chi connectivity index (χ4n) is 1.55. The first-order valence-electron chi connectivity index (χ1n) is 6.05. The lowest BCUT2D eigenvalue weighted by Gasteiger charge is -2.38. The molecule has 0 aromatic heterocycles. The summed E-state index contributed by atoms with van der Waals surface area (Å²) >= 11 is 5.53. The van der Waals surface area contributed by atoms with Crippen molar-refractivity contribution in [1.29, 1.82) is 0 Å². The quantitative estimate of drug-likeness (QED) is 0.618. The topological polar surface area (TPSA) is 50.4 Å². The zero-order chi connectivity index (χ0) is 17.9. The summed E-state index contributed by atoms with van der Waals surface area (Å²) in [4.78, 5) is 11.2. The zero-order valence-electron chi connectivity index (χ0n) is 11.5. The van der Waals surface area contributed by atoms with Gasteiger partial charge in [-0.25, -0.2) is 4.79 Å². The smallest absolute Gasteiger partial charge is 0.439 e. The minimum absolute atomic E-state index is 0.110. The first kappa shape index (κ1) is 19.2. The molecule has 11 heteroatoms. The molecule has 1 amide bonds. The van der Waals surface area contributed by atoms with E-state index in [0.717, 1.165) is 29.6 Å². The molecule has 4 nitrogen and oxygen atoms in total. The fourth-order valence-corrected chi connectivity index (χ4v) is 1.67. The van der Waals surface area contributed by atoms with E-state index in [1.54, 1.807) is 0 Å². The van der Waals surface area contributed by atoms with Gasteiger partial charge in [0.25, 0.3) is 0 Å². The van der Waals surface area contributed by atoms with Crippen LogP contribution in [0.15, 0.2) is 24.3 Å². The number of halogens is 7. The number of nitrogens with one attached hydrogen (secondary N) is 2. The van der Waals surface area contributed by atoms with Crippen molar-refractivity contribution in [2.45, 2.75) is 24.9 Å². The van der Waals surface area contributed by atoms with Crippen molar-refractivity contribution in [2.75, 3.05) is 11.9 Å². The molecule has 0 saturated heterocycles. The number of carbonyl (C=O) groups is 1. The van der Waals surface area contributed by atoms with E-state index in [2.05, 4.69) is 4.74 Å². The molecule has 0 saturated carbocycles. The van der Waals surface area contributed by atoms with Gasteiger partial charge in [-0.3, -0.25) is 5.32 Å². The molecule has 0 aliphatic rings. The number of amides is 1. The second-order valence-electron chi connectivity index (χ2n) is 4.22. The molecular formula is C12H11ClF6N2O2. The van der Waals surface area contributed by atoms with Crippen LogP contribution in [0.3, 0.4) is 0 Å². The standard InChI is InChI=1S/C12H11ClF6N2O2/c1-2-23-9(22)21-10(11(14,15)16,12(17,18)19)20-8-5-3-7(13)4-6-8/h3-6,20H,2H2,1H3,(H,21,22). The van der Waals surface area contributed by atoms with Crippen molar-refractivity contribution in [1.82, 2.24) is 5.32 Å². The van der Waals surface area contributed by atoms with Crippen molar-refractivity contribution >= 4 is 23.4 Å². The molecule has 1 aromatic rings. The lowest BCUT2D eigenvalue weighted by atomic mass is 10.1. The minimum atomic E-state index is -5.91. The largest absolute Gasteiger partial charge is 0.450 e. The zero-order valence-corrected chi connectivity index (χ0v) is 12.2. The highest BCUT2D eigenvalue weighted by atomic mass is 35.5. The number of rotatable bonds is 4. The predicted molar refractivity (Wildman–Crippen MR) is 70.1 cm³/mol. The first-order chi connectivity index (χ1) is 10.4. The monoisotopic (exact) mass is 364 g/mol. The third kappa shape index (κ3) is 4.34. The highest BCUT2D eigenvalue weighted by Gasteiger charge is 2.73. The third-order valence-corrected chi connectivity index (χ3v) is 2.84. The molecule has 1 aromatic carbocycles. The molecule has 0 heterocycles. The maximum absolute atomic E-state index is 13.2. The number of ether oxygens (including phenoxy) is 1. The van der Waals surface area contributed by atoms with Crippen molar-refractivity contribution in [2.24, 2.45) is 0 Å². The van der Waals surface area contributed by atoms with Crippen LogP contribution in [0, 0.1) is 0 Å². The number of hydrogen-bond donors (Lipinski definition) is 2. The van der Waals surface area contributed by atoms with E-state index < -0.39 is 36.4 Å². The van der Waals surface area contributed by atoms with Gasteiger partial charge in [-0.05, 0) is 31.2 Å². The van der Waals surface area contributed by atoms with Gasteiger partial charge in [0.05, 0.1) is 6.61 Å². The Morgan fingerprint density at radius 3 is 1.96 bits per heavy atom. The number of hydrogen-bond acceptors (Lipinski definition) is 3. The molecule has 0 radical (unpaired) electrons. The second-order valence-corrected chi connectivity index (χ2v) is 4.66. The van der Waals surface area contributed by atoms with Gasteiger partial charge >= 0.3 is 24.1 Å². The Morgan fingerprint density at radius 2 is 1.57 bits per heavy atom. The van der Waals surface area contributed by atoms with Crippen molar-refractivity contribution < 1.29 is 35.9 Å². The molecule has 0 atom stereocenters. The minimum Gasteiger partial charge on any atom is -0.450 e. The summed E-state index contributed by atoms with van der Waals surface area (Å²) in [6.45, 7) is 0.827. The van der Waals surface area contributed by atoms with Crippen LogP contribution in [0.4, 0.5) is 36.8 Å². The molecule has 1 rings (SSSR count). The summed E-state index contributed by atoms with van der Waals surface area (Å²) in [5, 5.41) is 2.20. The highest BCUT2D eigenvalue weighted by molar-refractivity contribution is 6.30. The predicted octanol–water partition coefficient (Wildman–Crippen LogP) is 4.32. The fraction of sp³-hybridized carbons (Fsp3) is 0.417. The van der Waals surface area contributed by atoms with Crippen LogP contribution in [-0.4, -0.2) is 30.7 Å². The normalized spacial score (nSPS) is 12.7. The van der Waals surface area contributed by atoms with Crippen LogP contribution in [-0.2, 0) is 4.74 Å². The van der Waals surface area contributed by atoms with E-state index in [0.29, 0.717) is 0 Å². The molecule has 0 fully saturated rings. The van der Waals surface area contributed by atoms with Gasteiger partial charge in [0.2, 0.25) is 0 Å². The van der Waals surface area contributed by atoms with Crippen LogP contribution in [0.5, 0.6) is 0 Å². The van der Waals surface area contributed by atoms with E-state index in [1.165, 1.54) is 12.2 Å². The van der Waals surface area contributed by atoms with Crippen molar-refractivity contribution in [3.8, 4) is 0 Å². The average Bonchev–Trinajstić information content (AvgIpc) is 2.38. The van der Waals surface area contributed by atoms with Gasteiger partial charge in [-0.1, -0.05) is 11.6 Å². The van der Waals surface area contributed by atoms with E-state index in [9.17, 15) is 31.1 Å². The van der Waals surface area contributed by atoms with Crippen molar-refractivity contribution in [3.05, 3.63) is 29.3 Å². The number of carbonyl (C=O) groups excluding carboxylic acids is 1. The van der Waals surface area contributed by atoms with Crippen LogP contribution >= 0.6 is 11.6 Å². The number of benzene rings is 1. The molecule has 0 aliphatic heterocycles. The van der Waals surface area contributed by atoms with Crippen LogP contribution in [0.25, 0.3) is 0 Å². The Labute approximate surface area is 131 Å². The summed E-state index contributed by atoms with van der Waals surface area (Å²) in [6, 6.07) is 3.99. The highest BCUT2D eigenvalue weighted by Crippen LogP contribution is 2.43. The van der Waals surface area contributed by atoms with Gasteiger partial charge in [0.1, 0.15) is 0 Å². The van der Waals surface area contributed by atoms with Gasteiger partial charge < -0.3 is 10.1 Å². The molecule has 2 N–H and O–H groups in total. The van der Waals surface area contributed by atoms with E-state index in [4.69, 9.17) is 11.6 Å². The van der Waals surface area contributed by atoms with Crippen LogP contribution in [0.1, 0.15) is 6.92 Å². The molecule has 0 bridgehead atoms. The maximum Gasteiger partial charge on any atom is 0.439 e. The molecule has 0 unspecified atom stereocenters. The van der Waals surface area contributed by atoms with Gasteiger partial charge in [-0.15, -0.1) is 0 Å². The van der Waals surface area contributed by atoms with E-state index in [-0.39, 0.29) is 5.02 Å². The second kappa shape index (κ2) is 6.73. The van der Waals surface area contributed by atoms with Gasteiger partial charge in [0.15, 0.2) is 0 Å². The number of anilines is 1. The third-order valence-electron chi connectivity index (χ3n) is 2.59. The van der Waals surface area contributed by atoms with E-state index in [1.807, 2.05) is 0 Å². The Bertz CT molecular complexity index is 530. The Kier molecular flexibility index (Phi) is 5.62. The maximum atomic E-state index is 13.2. The summed E-state index contributed by atoms with van der Waals surface area (Å²) in [7, 11) is 0. The molecular weight excluding hydrogens is 354 g/mol. The van der Waals surface area contributed by atoms with Gasteiger partial charge in [-0.2, -0.15) is 26.3 Å². The summed E-state index contributed by atoms with van der Waals surface area (Å²) in [5.74, 6) is 0. The van der Waals surface area contributed by atoms with Crippen LogP contribution in [0.2, 0.25) is 5.02 Å². The van der Waals surface area contributed by atoms with Crippen LogP contribution < -0.4 is 10.6 Å². The van der Waals surface area contributed by atoms with E-state index >= 15 is 0 Å². The SMILES string of the molecule is CCOC(=O)NC(Nc1ccc(Cl)cc1)(C(F)(F)F)C(F)(F)F. The first-order valence-corrected chi connectivity index (χ1v) is 6.43. The summed E-state index contributed by atoms with van der Waals surface area (Å²) in [5.41, 5.74) is -5.28.